The smallest absolute Gasteiger partial charge is 0.324 e. The zero-order valence-corrected chi connectivity index (χ0v) is 11.9. The summed E-state index contributed by atoms with van der Waals surface area (Å²) in [5, 5.41) is 8.65. The monoisotopic (exact) mass is 353 g/mol. The van der Waals surface area contributed by atoms with Crippen LogP contribution in [0.5, 0.6) is 0 Å². The van der Waals surface area contributed by atoms with Gasteiger partial charge in [0, 0.05) is 19.1 Å². The van der Waals surface area contributed by atoms with Crippen LogP contribution in [0.15, 0.2) is 4.99 Å². The number of hydrogen-bond donors (Lipinski definition) is 3. The minimum Gasteiger partial charge on any atom is -0.355 e. The molecule has 2 rings (SSSR count). The Labute approximate surface area is 116 Å². The molecule has 1 saturated heterocycles. The fourth-order valence-electron chi connectivity index (χ4n) is 1.63. The van der Waals surface area contributed by atoms with Crippen LogP contribution in [-0.4, -0.2) is 55.0 Å². The van der Waals surface area contributed by atoms with Crippen molar-refractivity contribution in [2.24, 2.45) is 4.99 Å². The molecule has 0 aromatic rings. The van der Waals surface area contributed by atoms with Crippen molar-refractivity contribution in [2.75, 3.05) is 26.2 Å². The van der Waals surface area contributed by atoms with E-state index in [1.807, 2.05) is 6.92 Å². The topological polar surface area (TPSA) is 85.8 Å². The number of amides is 3. The maximum absolute atomic E-state index is 11.2. The number of imide groups is 1. The van der Waals surface area contributed by atoms with Gasteiger partial charge in [0.2, 0.25) is 5.91 Å². The maximum Gasteiger partial charge on any atom is 0.324 e. The standard InChI is InChI=1S/C9H15N5O2.HI/c1-6-4-11-8(13-6)10-2-3-14-7(15)5-12-9(14)16;/h6H,2-5H2,1H3,(H,12,16)(H2,10,11,13);1H. The molecule has 0 spiro atoms. The average molecular weight is 353 g/mol. The van der Waals surface area contributed by atoms with Gasteiger partial charge >= 0.3 is 6.03 Å². The third-order valence-corrected chi connectivity index (χ3v) is 2.47. The Morgan fingerprint density at radius 1 is 1.53 bits per heavy atom. The number of urea groups is 1. The highest BCUT2D eigenvalue weighted by atomic mass is 127. The van der Waals surface area contributed by atoms with Gasteiger partial charge in [-0.2, -0.15) is 0 Å². The van der Waals surface area contributed by atoms with Gasteiger partial charge in [0.25, 0.3) is 0 Å². The molecular weight excluding hydrogens is 337 g/mol. The molecule has 0 aliphatic carbocycles. The van der Waals surface area contributed by atoms with Gasteiger partial charge in [-0.3, -0.25) is 14.7 Å². The van der Waals surface area contributed by atoms with Crippen LogP contribution in [0.4, 0.5) is 4.79 Å². The molecule has 96 valence electrons. The fourth-order valence-corrected chi connectivity index (χ4v) is 1.63. The molecule has 1 unspecified atom stereocenters. The summed E-state index contributed by atoms with van der Waals surface area (Å²) in [4.78, 5) is 27.8. The lowest BCUT2D eigenvalue weighted by atomic mass is 10.4. The van der Waals surface area contributed by atoms with E-state index in [9.17, 15) is 9.59 Å². The van der Waals surface area contributed by atoms with Gasteiger partial charge in [0.05, 0.1) is 13.1 Å². The zero-order valence-electron chi connectivity index (χ0n) is 9.52. The zero-order chi connectivity index (χ0) is 11.5. The van der Waals surface area contributed by atoms with Crippen LogP contribution in [0.3, 0.4) is 0 Å². The van der Waals surface area contributed by atoms with Crippen molar-refractivity contribution in [3.8, 4) is 0 Å². The van der Waals surface area contributed by atoms with Gasteiger partial charge in [-0.05, 0) is 6.92 Å². The molecule has 1 atom stereocenters. The van der Waals surface area contributed by atoms with E-state index in [1.165, 1.54) is 4.90 Å². The van der Waals surface area contributed by atoms with Crippen molar-refractivity contribution in [2.45, 2.75) is 13.0 Å². The van der Waals surface area contributed by atoms with E-state index in [0.717, 1.165) is 12.5 Å². The number of carbonyl (C=O) groups excluding carboxylic acids is 2. The molecule has 0 saturated carbocycles. The quantitative estimate of drug-likeness (QED) is 0.453. The summed E-state index contributed by atoms with van der Waals surface area (Å²) >= 11 is 0. The van der Waals surface area contributed by atoms with Crippen LogP contribution in [0, 0.1) is 0 Å². The lowest BCUT2D eigenvalue weighted by Crippen LogP contribution is -2.43. The van der Waals surface area contributed by atoms with E-state index in [2.05, 4.69) is 20.9 Å². The van der Waals surface area contributed by atoms with Crippen LogP contribution in [-0.2, 0) is 4.79 Å². The molecule has 3 N–H and O–H groups in total. The molecule has 2 aliphatic heterocycles. The second-order valence-corrected chi connectivity index (χ2v) is 3.87. The highest BCUT2D eigenvalue weighted by Gasteiger charge is 2.27. The van der Waals surface area contributed by atoms with Gasteiger partial charge in [0.1, 0.15) is 0 Å². The summed E-state index contributed by atoms with van der Waals surface area (Å²) in [5.74, 6) is 0.557. The summed E-state index contributed by atoms with van der Waals surface area (Å²) in [6, 6.07) is 0.0284. The van der Waals surface area contributed by atoms with Crippen LogP contribution in [0.1, 0.15) is 6.92 Å². The third kappa shape index (κ3) is 3.45. The van der Waals surface area contributed by atoms with E-state index in [0.29, 0.717) is 19.1 Å². The number of nitrogens with one attached hydrogen (secondary N) is 3. The normalized spacial score (nSPS) is 22.8. The highest BCUT2D eigenvalue weighted by molar-refractivity contribution is 14.0. The Kier molecular flexibility index (Phi) is 4.97. The average Bonchev–Trinajstić information content (AvgIpc) is 2.78. The minimum atomic E-state index is -0.318. The van der Waals surface area contributed by atoms with Crippen molar-refractivity contribution >= 4 is 41.9 Å². The van der Waals surface area contributed by atoms with Gasteiger partial charge in [-0.15, -0.1) is 24.0 Å². The maximum atomic E-state index is 11.2. The number of halogens is 1. The molecule has 8 heteroatoms. The molecule has 3 amide bonds. The Balaban J connectivity index is 0.00000144. The Morgan fingerprint density at radius 2 is 2.29 bits per heavy atom. The number of carbonyl (C=O) groups is 2. The summed E-state index contributed by atoms with van der Waals surface area (Å²) in [6.07, 6.45) is 0. The largest absolute Gasteiger partial charge is 0.355 e. The first kappa shape index (κ1) is 14.0. The van der Waals surface area contributed by atoms with Crippen molar-refractivity contribution in [1.82, 2.24) is 20.9 Å². The first-order valence-electron chi connectivity index (χ1n) is 5.30. The second-order valence-electron chi connectivity index (χ2n) is 3.87. The van der Waals surface area contributed by atoms with Gasteiger partial charge in [0.15, 0.2) is 5.96 Å². The van der Waals surface area contributed by atoms with Crippen LogP contribution < -0.4 is 16.0 Å². The lowest BCUT2D eigenvalue weighted by Gasteiger charge is -2.13. The molecule has 7 nitrogen and oxygen atoms in total. The Hall–Kier alpha value is -1.06. The Morgan fingerprint density at radius 3 is 2.82 bits per heavy atom. The molecule has 0 bridgehead atoms. The minimum absolute atomic E-state index is 0. The lowest BCUT2D eigenvalue weighted by molar-refractivity contribution is -0.124. The van der Waals surface area contributed by atoms with Crippen LogP contribution >= 0.6 is 24.0 Å². The SMILES string of the molecule is CC1CN=C(NCCN2C(=O)CNC2=O)N1.I. The predicted molar refractivity (Wildman–Crippen MR) is 73.4 cm³/mol. The molecule has 0 radical (unpaired) electrons. The molecule has 0 aromatic heterocycles. The molecule has 1 fully saturated rings. The van der Waals surface area contributed by atoms with Crippen LogP contribution in [0.2, 0.25) is 0 Å². The van der Waals surface area contributed by atoms with Crippen molar-refractivity contribution in [3.63, 3.8) is 0 Å². The van der Waals surface area contributed by atoms with Gasteiger partial charge in [-0.25, -0.2) is 4.79 Å². The van der Waals surface area contributed by atoms with Gasteiger partial charge < -0.3 is 16.0 Å². The number of rotatable bonds is 3. The molecule has 2 aliphatic rings. The van der Waals surface area contributed by atoms with Crippen molar-refractivity contribution in [1.29, 1.82) is 0 Å². The highest BCUT2D eigenvalue weighted by Crippen LogP contribution is 1.97. The third-order valence-electron chi connectivity index (χ3n) is 2.47. The van der Waals surface area contributed by atoms with E-state index in [-0.39, 0.29) is 42.5 Å². The van der Waals surface area contributed by atoms with E-state index in [4.69, 9.17) is 0 Å². The predicted octanol–water partition coefficient (Wildman–Crippen LogP) is -0.906. The summed E-state index contributed by atoms with van der Waals surface area (Å²) in [7, 11) is 0. The number of aliphatic imine (C=N–C) groups is 1. The first-order chi connectivity index (χ1) is 7.66. The van der Waals surface area contributed by atoms with Crippen molar-refractivity contribution in [3.05, 3.63) is 0 Å². The van der Waals surface area contributed by atoms with Crippen LogP contribution in [0.25, 0.3) is 0 Å². The Bertz CT molecular complexity index is 330. The van der Waals surface area contributed by atoms with E-state index < -0.39 is 0 Å². The number of hydrogen-bond acceptors (Lipinski definition) is 5. The fraction of sp³-hybridized carbons (Fsp3) is 0.667. The molecular formula is C9H16IN5O2. The molecule has 17 heavy (non-hydrogen) atoms. The summed E-state index contributed by atoms with van der Waals surface area (Å²) < 4.78 is 0. The second kappa shape index (κ2) is 6.03. The summed E-state index contributed by atoms with van der Waals surface area (Å²) in [6.45, 7) is 3.77. The first-order valence-corrected chi connectivity index (χ1v) is 5.30. The van der Waals surface area contributed by atoms with E-state index >= 15 is 0 Å². The molecule has 0 aromatic carbocycles. The number of nitrogens with zero attached hydrogens (tertiary/aromatic N) is 2. The summed E-state index contributed by atoms with van der Waals surface area (Å²) in [5.41, 5.74) is 0. The number of guanidine groups is 1. The van der Waals surface area contributed by atoms with E-state index in [1.54, 1.807) is 0 Å². The van der Waals surface area contributed by atoms with Crippen molar-refractivity contribution < 1.29 is 9.59 Å². The van der Waals surface area contributed by atoms with Gasteiger partial charge in [-0.1, -0.05) is 0 Å². The molecule has 2 heterocycles.